The summed E-state index contributed by atoms with van der Waals surface area (Å²) < 4.78 is 10.3. The van der Waals surface area contributed by atoms with E-state index < -0.39 is 5.97 Å². The molecule has 0 radical (unpaired) electrons. The van der Waals surface area contributed by atoms with Gasteiger partial charge in [0.1, 0.15) is 5.75 Å². The maximum atomic E-state index is 12.1. The van der Waals surface area contributed by atoms with E-state index >= 15 is 0 Å². The minimum Gasteiger partial charge on any atom is -0.484 e. The molecule has 0 atom stereocenters. The van der Waals surface area contributed by atoms with Gasteiger partial charge in [0, 0.05) is 30.4 Å². The maximum Gasteiger partial charge on any atom is 0.330 e. The third kappa shape index (κ3) is 5.94. The Balaban J connectivity index is 1.46. The van der Waals surface area contributed by atoms with Crippen LogP contribution >= 0.6 is 0 Å². The lowest BCUT2D eigenvalue weighted by molar-refractivity contribution is -0.137. The fourth-order valence-electron chi connectivity index (χ4n) is 3.02. The minimum atomic E-state index is -0.396. The molecule has 0 unspecified atom stereocenters. The van der Waals surface area contributed by atoms with E-state index in [0.29, 0.717) is 24.5 Å². The topological polar surface area (TPSA) is 84.9 Å². The molecular formula is C23H24N2O5. The first-order valence-electron chi connectivity index (χ1n) is 9.83. The summed E-state index contributed by atoms with van der Waals surface area (Å²) in [5, 5.41) is 2.75. The lowest BCUT2D eigenvalue weighted by Crippen LogP contribution is -2.23. The number of anilines is 2. The molecule has 1 aliphatic rings. The van der Waals surface area contributed by atoms with E-state index in [1.54, 1.807) is 54.3 Å². The third-order valence-electron chi connectivity index (χ3n) is 4.48. The molecule has 3 rings (SSSR count). The zero-order valence-electron chi connectivity index (χ0n) is 16.8. The van der Waals surface area contributed by atoms with Crippen LogP contribution in [0, 0.1) is 0 Å². The molecule has 0 aliphatic carbocycles. The monoisotopic (exact) mass is 408 g/mol. The summed E-state index contributed by atoms with van der Waals surface area (Å²) in [6.07, 6.45) is 4.46. The second kappa shape index (κ2) is 10.2. The van der Waals surface area contributed by atoms with Crippen molar-refractivity contribution in [2.45, 2.75) is 19.8 Å². The highest BCUT2D eigenvalue weighted by atomic mass is 16.5. The SMILES string of the molecule is CCOC(=O)/C=C/c1ccc(NC(=O)COc2ccc(N3CCCC3=O)cc2)cc1. The van der Waals surface area contributed by atoms with Crippen LogP contribution in [0.2, 0.25) is 0 Å². The molecule has 7 nitrogen and oxygen atoms in total. The van der Waals surface area contributed by atoms with Gasteiger partial charge in [-0.25, -0.2) is 4.79 Å². The van der Waals surface area contributed by atoms with Crippen LogP contribution in [0.25, 0.3) is 6.08 Å². The first-order valence-corrected chi connectivity index (χ1v) is 9.83. The van der Waals surface area contributed by atoms with Crippen LogP contribution in [0.3, 0.4) is 0 Å². The molecule has 1 fully saturated rings. The molecule has 1 heterocycles. The van der Waals surface area contributed by atoms with Crippen LogP contribution in [-0.2, 0) is 19.1 Å². The van der Waals surface area contributed by atoms with Gasteiger partial charge in [0.2, 0.25) is 5.91 Å². The van der Waals surface area contributed by atoms with E-state index in [1.165, 1.54) is 6.08 Å². The fraction of sp³-hybridized carbons (Fsp3) is 0.261. The van der Waals surface area contributed by atoms with E-state index in [4.69, 9.17) is 9.47 Å². The van der Waals surface area contributed by atoms with E-state index in [1.807, 2.05) is 12.1 Å². The average molecular weight is 408 g/mol. The Hall–Kier alpha value is -3.61. The van der Waals surface area contributed by atoms with Crippen LogP contribution in [-0.4, -0.2) is 37.5 Å². The summed E-state index contributed by atoms with van der Waals surface area (Å²) in [5.41, 5.74) is 2.28. The summed E-state index contributed by atoms with van der Waals surface area (Å²) >= 11 is 0. The Labute approximate surface area is 175 Å². The molecule has 2 amide bonds. The number of carbonyl (C=O) groups is 3. The van der Waals surface area contributed by atoms with Crippen molar-refractivity contribution in [1.29, 1.82) is 0 Å². The quantitative estimate of drug-likeness (QED) is 0.535. The van der Waals surface area contributed by atoms with Gasteiger partial charge in [-0.3, -0.25) is 9.59 Å². The number of benzene rings is 2. The first-order chi connectivity index (χ1) is 14.5. The number of esters is 1. The average Bonchev–Trinajstić information content (AvgIpc) is 3.18. The summed E-state index contributed by atoms with van der Waals surface area (Å²) in [7, 11) is 0. The molecule has 1 aliphatic heterocycles. The van der Waals surface area contributed by atoms with Crippen LogP contribution in [0.15, 0.2) is 54.6 Å². The molecule has 2 aromatic rings. The number of nitrogens with one attached hydrogen (secondary N) is 1. The summed E-state index contributed by atoms with van der Waals surface area (Å²) in [4.78, 5) is 37.0. The molecule has 0 bridgehead atoms. The van der Waals surface area contributed by atoms with Crippen molar-refractivity contribution in [1.82, 2.24) is 0 Å². The van der Waals surface area contributed by atoms with Crippen LogP contribution in [0.4, 0.5) is 11.4 Å². The summed E-state index contributed by atoms with van der Waals surface area (Å²) in [6.45, 7) is 2.68. The predicted molar refractivity (Wildman–Crippen MR) is 114 cm³/mol. The standard InChI is InChI=1S/C23H24N2O5/c1-2-29-23(28)14-7-17-5-8-18(9-6-17)24-21(26)16-30-20-12-10-19(11-13-20)25-15-3-4-22(25)27/h5-14H,2-4,15-16H2,1H3,(H,24,26)/b14-7+. The predicted octanol–water partition coefficient (Wildman–Crippen LogP) is 3.41. The number of hydrogen-bond donors (Lipinski definition) is 1. The van der Waals surface area contributed by atoms with E-state index in [0.717, 1.165) is 24.2 Å². The second-order valence-corrected chi connectivity index (χ2v) is 6.69. The number of nitrogens with zero attached hydrogens (tertiary/aromatic N) is 1. The molecule has 1 saturated heterocycles. The third-order valence-corrected chi connectivity index (χ3v) is 4.48. The number of rotatable bonds is 8. The van der Waals surface area contributed by atoms with Gasteiger partial charge in [-0.2, -0.15) is 0 Å². The molecule has 0 saturated carbocycles. The number of amides is 2. The van der Waals surface area contributed by atoms with E-state index in [9.17, 15) is 14.4 Å². The largest absolute Gasteiger partial charge is 0.484 e. The van der Waals surface area contributed by atoms with E-state index in [2.05, 4.69) is 5.32 Å². The summed E-state index contributed by atoms with van der Waals surface area (Å²) in [6, 6.07) is 14.2. The summed E-state index contributed by atoms with van der Waals surface area (Å²) in [5.74, 6) is 0.00106. The molecule has 1 N–H and O–H groups in total. The molecule has 30 heavy (non-hydrogen) atoms. The van der Waals surface area contributed by atoms with Gasteiger partial charge in [-0.05, 0) is 61.4 Å². The van der Waals surface area contributed by atoms with Crippen molar-refractivity contribution in [3.05, 3.63) is 60.2 Å². The molecular weight excluding hydrogens is 384 g/mol. The highest BCUT2D eigenvalue weighted by Gasteiger charge is 2.21. The molecule has 2 aromatic carbocycles. The van der Waals surface area contributed by atoms with Gasteiger partial charge >= 0.3 is 5.97 Å². The normalized spacial score (nSPS) is 13.5. The highest BCUT2D eigenvalue weighted by molar-refractivity contribution is 5.95. The van der Waals surface area contributed by atoms with E-state index in [-0.39, 0.29) is 18.4 Å². The molecule has 0 aromatic heterocycles. The van der Waals surface area contributed by atoms with Crippen molar-refractivity contribution in [2.24, 2.45) is 0 Å². The van der Waals surface area contributed by atoms with Crippen LogP contribution in [0.5, 0.6) is 5.75 Å². The Morgan fingerprint density at radius 3 is 2.47 bits per heavy atom. The van der Waals surface area contributed by atoms with Crippen molar-refractivity contribution in [3.8, 4) is 5.75 Å². The lowest BCUT2D eigenvalue weighted by Gasteiger charge is -2.16. The van der Waals surface area contributed by atoms with Gasteiger partial charge in [0.05, 0.1) is 6.61 Å². The molecule has 156 valence electrons. The number of carbonyl (C=O) groups excluding carboxylic acids is 3. The van der Waals surface area contributed by atoms with Crippen molar-refractivity contribution < 1.29 is 23.9 Å². The number of ether oxygens (including phenoxy) is 2. The van der Waals surface area contributed by atoms with Crippen molar-refractivity contribution in [3.63, 3.8) is 0 Å². The number of hydrogen-bond acceptors (Lipinski definition) is 5. The Bertz CT molecular complexity index is 920. The van der Waals surface area contributed by atoms with Crippen molar-refractivity contribution >= 4 is 35.2 Å². The van der Waals surface area contributed by atoms with Gasteiger partial charge in [-0.1, -0.05) is 12.1 Å². The maximum absolute atomic E-state index is 12.1. The van der Waals surface area contributed by atoms with Crippen LogP contribution in [0.1, 0.15) is 25.3 Å². The van der Waals surface area contributed by atoms with Crippen LogP contribution < -0.4 is 15.0 Å². The Morgan fingerprint density at radius 2 is 1.83 bits per heavy atom. The molecule has 0 spiro atoms. The van der Waals surface area contributed by atoms with Gasteiger partial charge in [0.25, 0.3) is 5.91 Å². The first kappa shape index (κ1) is 21.1. The van der Waals surface area contributed by atoms with Gasteiger partial charge in [0.15, 0.2) is 6.61 Å². The van der Waals surface area contributed by atoms with Gasteiger partial charge < -0.3 is 19.7 Å². The second-order valence-electron chi connectivity index (χ2n) is 6.69. The lowest BCUT2D eigenvalue weighted by atomic mass is 10.2. The Morgan fingerprint density at radius 1 is 1.10 bits per heavy atom. The zero-order chi connectivity index (χ0) is 21.3. The minimum absolute atomic E-state index is 0.130. The smallest absolute Gasteiger partial charge is 0.330 e. The zero-order valence-corrected chi connectivity index (χ0v) is 16.8. The fourth-order valence-corrected chi connectivity index (χ4v) is 3.02. The molecule has 7 heteroatoms. The highest BCUT2D eigenvalue weighted by Crippen LogP contribution is 2.23. The van der Waals surface area contributed by atoms with Gasteiger partial charge in [-0.15, -0.1) is 0 Å². The van der Waals surface area contributed by atoms with Crippen molar-refractivity contribution in [2.75, 3.05) is 30.0 Å². The Kier molecular flexibility index (Phi) is 7.21.